The molecule has 1 aromatic carbocycles. The summed E-state index contributed by atoms with van der Waals surface area (Å²) in [6.45, 7) is 3.06. The Morgan fingerprint density at radius 2 is 2.00 bits per heavy atom. The Morgan fingerprint density at radius 1 is 1.24 bits per heavy atom. The molecule has 0 N–H and O–H groups in total. The zero-order chi connectivity index (χ0) is 11.8. The maximum absolute atomic E-state index is 6.17. The lowest BCUT2D eigenvalue weighted by Crippen LogP contribution is -2.19. The molecular weight excluding hydrogens is 234 g/mol. The predicted molar refractivity (Wildman–Crippen MR) is 68.1 cm³/mol. The lowest BCUT2D eigenvalue weighted by molar-refractivity contribution is 0.728. The first-order valence-electron chi connectivity index (χ1n) is 5.58. The maximum Gasteiger partial charge on any atom is 0.0857 e. The van der Waals surface area contributed by atoms with Crippen molar-refractivity contribution < 1.29 is 0 Å². The molecule has 1 aliphatic heterocycles. The van der Waals surface area contributed by atoms with Crippen LogP contribution in [0.3, 0.4) is 0 Å². The first kappa shape index (κ1) is 10.5. The fourth-order valence-corrected chi connectivity index (χ4v) is 2.58. The summed E-state index contributed by atoms with van der Waals surface area (Å²) in [5.74, 6) is 0. The molecule has 0 radical (unpaired) electrons. The zero-order valence-corrected chi connectivity index (χ0v) is 10.2. The lowest BCUT2D eigenvalue weighted by Gasteiger charge is -2.24. The number of anilines is 1. The van der Waals surface area contributed by atoms with Crippen molar-refractivity contribution in [3.05, 3.63) is 52.8 Å². The first-order chi connectivity index (χ1) is 8.27. The molecule has 1 aliphatic rings. The van der Waals surface area contributed by atoms with E-state index in [1.165, 1.54) is 11.1 Å². The van der Waals surface area contributed by atoms with E-state index in [0.717, 1.165) is 12.2 Å². The van der Waals surface area contributed by atoms with Crippen LogP contribution in [-0.2, 0) is 6.54 Å². The highest BCUT2D eigenvalue weighted by Gasteiger charge is 2.27. The van der Waals surface area contributed by atoms with Crippen molar-refractivity contribution in [2.75, 3.05) is 4.90 Å². The number of aromatic nitrogens is 2. The van der Waals surface area contributed by atoms with Crippen LogP contribution in [0.2, 0.25) is 5.02 Å². The number of hydrogen-bond acceptors (Lipinski definition) is 3. The van der Waals surface area contributed by atoms with Crippen LogP contribution in [0, 0.1) is 0 Å². The van der Waals surface area contributed by atoms with Crippen molar-refractivity contribution in [1.82, 2.24) is 10.2 Å². The van der Waals surface area contributed by atoms with Gasteiger partial charge in [0, 0.05) is 6.54 Å². The van der Waals surface area contributed by atoms with E-state index >= 15 is 0 Å². The van der Waals surface area contributed by atoms with E-state index in [9.17, 15) is 0 Å². The van der Waals surface area contributed by atoms with Crippen LogP contribution in [0.4, 0.5) is 5.69 Å². The third kappa shape index (κ3) is 1.67. The smallest absolute Gasteiger partial charge is 0.0857 e. The molecule has 1 atom stereocenters. The third-order valence-corrected chi connectivity index (χ3v) is 3.58. The summed E-state index contributed by atoms with van der Waals surface area (Å²) >= 11 is 6.17. The Hall–Kier alpha value is -1.61. The van der Waals surface area contributed by atoms with Crippen molar-refractivity contribution >= 4 is 17.3 Å². The van der Waals surface area contributed by atoms with Gasteiger partial charge < -0.3 is 4.90 Å². The number of halogens is 1. The fourth-order valence-electron chi connectivity index (χ4n) is 2.38. The molecule has 17 heavy (non-hydrogen) atoms. The Kier molecular flexibility index (Phi) is 2.48. The standard InChI is InChI=1S/C13H12ClN3/c1-9-11-5-3-2-4-10(11)8-17(9)13-7-16-15-6-12(13)14/h2-7,9H,8H2,1H3. The summed E-state index contributed by atoms with van der Waals surface area (Å²) in [6, 6.07) is 8.80. The van der Waals surface area contributed by atoms with Crippen molar-refractivity contribution in [2.45, 2.75) is 19.5 Å². The van der Waals surface area contributed by atoms with Crippen LogP contribution in [0.5, 0.6) is 0 Å². The van der Waals surface area contributed by atoms with E-state index in [-0.39, 0.29) is 0 Å². The molecule has 0 saturated heterocycles. The van der Waals surface area contributed by atoms with E-state index < -0.39 is 0 Å². The van der Waals surface area contributed by atoms with Gasteiger partial charge in [-0.05, 0) is 18.1 Å². The van der Waals surface area contributed by atoms with Gasteiger partial charge in [-0.1, -0.05) is 35.9 Å². The second-order valence-corrected chi connectivity index (χ2v) is 4.63. The molecule has 4 heteroatoms. The molecule has 1 unspecified atom stereocenters. The van der Waals surface area contributed by atoms with Gasteiger partial charge in [-0.2, -0.15) is 10.2 Å². The maximum atomic E-state index is 6.17. The molecule has 0 spiro atoms. The second-order valence-electron chi connectivity index (χ2n) is 4.23. The SMILES string of the molecule is CC1c2ccccc2CN1c1cnncc1Cl. The molecule has 3 nitrogen and oxygen atoms in total. The minimum absolute atomic E-state index is 0.327. The fraction of sp³-hybridized carbons (Fsp3) is 0.231. The topological polar surface area (TPSA) is 29.0 Å². The van der Waals surface area contributed by atoms with Gasteiger partial charge in [0.15, 0.2) is 0 Å². The summed E-state index contributed by atoms with van der Waals surface area (Å²) in [5, 5.41) is 8.35. The van der Waals surface area contributed by atoms with Gasteiger partial charge in [0.25, 0.3) is 0 Å². The summed E-state index contributed by atoms with van der Waals surface area (Å²) in [5.41, 5.74) is 3.67. The average molecular weight is 246 g/mol. The van der Waals surface area contributed by atoms with Gasteiger partial charge in [-0.3, -0.25) is 0 Å². The number of benzene rings is 1. The Balaban J connectivity index is 2.02. The number of fused-ring (bicyclic) bond motifs is 1. The van der Waals surface area contributed by atoms with Gasteiger partial charge >= 0.3 is 0 Å². The van der Waals surface area contributed by atoms with Crippen molar-refractivity contribution in [3.63, 3.8) is 0 Å². The zero-order valence-electron chi connectivity index (χ0n) is 9.47. The van der Waals surface area contributed by atoms with Crippen molar-refractivity contribution in [3.8, 4) is 0 Å². The summed E-state index contributed by atoms with van der Waals surface area (Å²) in [4.78, 5) is 2.25. The van der Waals surface area contributed by atoms with E-state index in [1.807, 2.05) is 0 Å². The van der Waals surface area contributed by atoms with Crippen LogP contribution < -0.4 is 4.90 Å². The molecule has 0 saturated carbocycles. The first-order valence-corrected chi connectivity index (χ1v) is 5.96. The normalized spacial score (nSPS) is 18.2. The molecule has 0 fully saturated rings. The van der Waals surface area contributed by atoms with Crippen molar-refractivity contribution in [2.24, 2.45) is 0 Å². The Bertz CT molecular complexity index is 556. The molecule has 2 heterocycles. The minimum Gasteiger partial charge on any atom is -0.358 e. The monoisotopic (exact) mass is 245 g/mol. The van der Waals surface area contributed by atoms with Gasteiger partial charge in [-0.25, -0.2) is 0 Å². The van der Waals surface area contributed by atoms with E-state index in [4.69, 9.17) is 11.6 Å². The third-order valence-electron chi connectivity index (χ3n) is 3.29. The van der Waals surface area contributed by atoms with E-state index in [1.54, 1.807) is 12.4 Å². The number of nitrogens with zero attached hydrogens (tertiary/aromatic N) is 3. The van der Waals surface area contributed by atoms with Gasteiger partial charge in [0.1, 0.15) is 0 Å². The van der Waals surface area contributed by atoms with Crippen LogP contribution in [0.25, 0.3) is 0 Å². The summed E-state index contributed by atoms with van der Waals surface area (Å²) in [6.07, 6.45) is 3.32. The molecule has 2 aromatic rings. The number of rotatable bonds is 1. The molecule has 0 amide bonds. The summed E-state index contributed by atoms with van der Waals surface area (Å²) < 4.78 is 0. The average Bonchev–Trinajstić information content (AvgIpc) is 2.68. The van der Waals surface area contributed by atoms with Crippen LogP contribution in [0.15, 0.2) is 36.7 Å². The molecule has 86 valence electrons. The largest absolute Gasteiger partial charge is 0.358 e. The molecule has 3 rings (SSSR count). The van der Waals surface area contributed by atoms with E-state index in [0.29, 0.717) is 11.1 Å². The predicted octanol–water partition coefficient (Wildman–Crippen LogP) is 3.21. The van der Waals surface area contributed by atoms with Crippen molar-refractivity contribution in [1.29, 1.82) is 0 Å². The van der Waals surface area contributed by atoms with Gasteiger partial charge in [0.2, 0.25) is 0 Å². The molecule has 0 bridgehead atoms. The van der Waals surface area contributed by atoms with E-state index in [2.05, 4.69) is 46.3 Å². The quantitative estimate of drug-likeness (QED) is 0.773. The van der Waals surface area contributed by atoms with Crippen LogP contribution >= 0.6 is 11.6 Å². The lowest BCUT2D eigenvalue weighted by atomic mass is 10.1. The van der Waals surface area contributed by atoms with Gasteiger partial charge in [0.05, 0.1) is 29.1 Å². The van der Waals surface area contributed by atoms with Crippen LogP contribution in [0.1, 0.15) is 24.1 Å². The molecule has 0 aliphatic carbocycles. The second kappa shape index (κ2) is 4.00. The highest BCUT2D eigenvalue weighted by Crippen LogP contribution is 2.39. The molecule has 1 aromatic heterocycles. The Morgan fingerprint density at radius 3 is 2.76 bits per heavy atom. The Labute approximate surface area is 105 Å². The highest BCUT2D eigenvalue weighted by atomic mass is 35.5. The summed E-state index contributed by atoms with van der Waals surface area (Å²) in [7, 11) is 0. The van der Waals surface area contributed by atoms with Crippen LogP contribution in [-0.4, -0.2) is 10.2 Å². The highest BCUT2D eigenvalue weighted by molar-refractivity contribution is 6.33. The minimum atomic E-state index is 0.327. The molecular formula is C13H12ClN3. The van der Waals surface area contributed by atoms with Gasteiger partial charge in [-0.15, -0.1) is 0 Å². The number of hydrogen-bond donors (Lipinski definition) is 0.